The molecule has 0 aliphatic heterocycles. The molecule has 0 unspecified atom stereocenters. The van der Waals surface area contributed by atoms with Crippen molar-refractivity contribution in [2.75, 3.05) is 13.7 Å². The van der Waals surface area contributed by atoms with Gasteiger partial charge in [-0.3, -0.25) is 4.68 Å². The zero-order valence-electron chi connectivity index (χ0n) is 14.0. The Morgan fingerprint density at radius 1 is 1.35 bits per heavy atom. The van der Waals surface area contributed by atoms with Crippen molar-refractivity contribution in [2.45, 2.75) is 26.3 Å². The summed E-state index contributed by atoms with van der Waals surface area (Å²) in [5, 5.41) is 7.54. The van der Waals surface area contributed by atoms with Crippen LogP contribution in [0.4, 0.5) is 0 Å². The van der Waals surface area contributed by atoms with E-state index >= 15 is 0 Å². The minimum atomic E-state index is 0.462. The lowest BCUT2D eigenvalue weighted by Crippen LogP contribution is -2.33. The van der Waals surface area contributed by atoms with Crippen LogP contribution in [0.5, 0.6) is 5.75 Å². The van der Waals surface area contributed by atoms with Crippen LogP contribution in [0, 0.1) is 0 Å². The Kier molecular flexibility index (Phi) is 6.02. The molecule has 6 nitrogen and oxygen atoms in total. The van der Waals surface area contributed by atoms with Gasteiger partial charge >= 0.3 is 0 Å². The van der Waals surface area contributed by atoms with E-state index in [2.05, 4.69) is 34.5 Å². The minimum absolute atomic E-state index is 0.462. The topological polar surface area (TPSA) is 77.5 Å². The van der Waals surface area contributed by atoms with Gasteiger partial charge in [-0.15, -0.1) is 0 Å². The summed E-state index contributed by atoms with van der Waals surface area (Å²) in [6, 6.07) is 8.02. The molecule has 0 saturated carbocycles. The minimum Gasteiger partial charge on any atom is -0.497 e. The van der Waals surface area contributed by atoms with Gasteiger partial charge in [0.1, 0.15) is 5.75 Å². The van der Waals surface area contributed by atoms with E-state index in [0.29, 0.717) is 12.5 Å². The van der Waals surface area contributed by atoms with Crippen LogP contribution in [0.15, 0.2) is 35.5 Å². The summed E-state index contributed by atoms with van der Waals surface area (Å²) in [5.74, 6) is 1.33. The smallest absolute Gasteiger partial charge is 0.188 e. The molecule has 0 fully saturated rings. The summed E-state index contributed by atoms with van der Waals surface area (Å²) in [4.78, 5) is 4.38. The molecular weight excluding hydrogens is 290 g/mol. The Balaban J connectivity index is 1.80. The predicted molar refractivity (Wildman–Crippen MR) is 92.6 cm³/mol. The van der Waals surface area contributed by atoms with E-state index in [1.54, 1.807) is 7.11 Å². The van der Waals surface area contributed by atoms with Crippen LogP contribution in [-0.2, 0) is 26.4 Å². The SMILES string of the molecule is CCc1nn(C)cc1CN=C(N)NCCc1ccc(OC)cc1. The molecule has 0 bridgehead atoms. The van der Waals surface area contributed by atoms with Crippen molar-refractivity contribution in [3.05, 3.63) is 47.3 Å². The molecule has 6 heteroatoms. The Bertz CT molecular complexity index is 646. The number of hydrogen-bond donors (Lipinski definition) is 2. The molecule has 0 amide bonds. The lowest BCUT2D eigenvalue weighted by Gasteiger charge is -2.06. The average Bonchev–Trinajstić information content (AvgIpc) is 2.93. The molecule has 2 rings (SSSR count). The molecule has 1 aromatic heterocycles. The number of benzene rings is 1. The number of nitrogens with one attached hydrogen (secondary N) is 1. The summed E-state index contributed by atoms with van der Waals surface area (Å²) < 4.78 is 6.96. The highest BCUT2D eigenvalue weighted by atomic mass is 16.5. The molecule has 1 aromatic carbocycles. The molecule has 0 radical (unpaired) electrons. The van der Waals surface area contributed by atoms with Crippen molar-refractivity contribution in [3.8, 4) is 5.75 Å². The third kappa shape index (κ3) is 5.02. The number of hydrogen-bond acceptors (Lipinski definition) is 3. The Labute approximate surface area is 137 Å². The number of nitrogens with zero attached hydrogens (tertiary/aromatic N) is 3. The fraction of sp³-hybridized carbons (Fsp3) is 0.412. The van der Waals surface area contributed by atoms with E-state index in [1.807, 2.05) is 30.1 Å². The Morgan fingerprint density at radius 3 is 2.74 bits per heavy atom. The van der Waals surface area contributed by atoms with Crippen LogP contribution in [0.1, 0.15) is 23.7 Å². The van der Waals surface area contributed by atoms with E-state index < -0.39 is 0 Å². The van der Waals surface area contributed by atoms with Crippen molar-refractivity contribution in [1.29, 1.82) is 0 Å². The number of rotatable bonds is 7. The fourth-order valence-corrected chi connectivity index (χ4v) is 2.37. The van der Waals surface area contributed by atoms with E-state index in [4.69, 9.17) is 10.5 Å². The highest BCUT2D eigenvalue weighted by Gasteiger charge is 2.05. The molecule has 0 aliphatic rings. The van der Waals surface area contributed by atoms with Gasteiger partial charge in [-0.1, -0.05) is 19.1 Å². The second-order valence-electron chi connectivity index (χ2n) is 5.35. The van der Waals surface area contributed by atoms with Crippen LogP contribution >= 0.6 is 0 Å². The fourth-order valence-electron chi connectivity index (χ4n) is 2.37. The molecule has 2 aromatic rings. The molecule has 3 N–H and O–H groups in total. The van der Waals surface area contributed by atoms with Gasteiger partial charge in [-0.05, 0) is 30.5 Å². The lowest BCUT2D eigenvalue weighted by atomic mass is 10.1. The standard InChI is InChI=1S/C17H25N5O/c1-4-16-14(12-22(2)21-16)11-20-17(18)19-10-9-13-5-7-15(23-3)8-6-13/h5-8,12H,4,9-11H2,1-3H3,(H3,18,19,20). The van der Waals surface area contributed by atoms with Gasteiger partial charge in [-0.25, -0.2) is 4.99 Å². The first-order chi connectivity index (χ1) is 11.1. The maximum absolute atomic E-state index is 5.92. The van der Waals surface area contributed by atoms with Crippen LogP contribution < -0.4 is 15.8 Å². The van der Waals surface area contributed by atoms with Crippen LogP contribution in [0.25, 0.3) is 0 Å². The van der Waals surface area contributed by atoms with Crippen molar-refractivity contribution >= 4 is 5.96 Å². The summed E-state index contributed by atoms with van der Waals surface area (Å²) in [5.41, 5.74) is 9.34. The predicted octanol–water partition coefficient (Wildman–Crippen LogP) is 1.64. The monoisotopic (exact) mass is 315 g/mol. The van der Waals surface area contributed by atoms with Crippen molar-refractivity contribution in [2.24, 2.45) is 17.8 Å². The first kappa shape index (κ1) is 16.9. The van der Waals surface area contributed by atoms with E-state index in [-0.39, 0.29) is 0 Å². The molecule has 1 heterocycles. The number of methoxy groups -OCH3 is 1. The first-order valence-electron chi connectivity index (χ1n) is 7.80. The number of ether oxygens (including phenoxy) is 1. The Hall–Kier alpha value is -2.50. The lowest BCUT2D eigenvalue weighted by molar-refractivity contribution is 0.414. The third-order valence-electron chi connectivity index (χ3n) is 3.63. The van der Waals surface area contributed by atoms with Crippen molar-refractivity contribution in [1.82, 2.24) is 15.1 Å². The second-order valence-corrected chi connectivity index (χ2v) is 5.35. The van der Waals surface area contributed by atoms with Gasteiger partial charge in [0.25, 0.3) is 0 Å². The molecule has 0 spiro atoms. The van der Waals surface area contributed by atoms with Crippen molar-refractivity contribution < 1.29 is 4.74 Å². The summed E-state index contributed by atoms with van der Waals surface area (Å²) in [6.45, 7) is 3.39. The van der Waals surface area contributed by atoms with Crippen LogP contribution in [0.3, 0.4) is 0 Å². The number of nitrogens with two attached hydrogens (primary N) is 1. The summed E-state index contributed by atoms with van der Waals surface area (Å²) in [6.07, 6.45) is 3.77. The highest BCUT2D eigenvalue weighted by molar-refractivity contribution is 5.77. The largest absolute Gasteiger partial charge is 0.497 e. The van der Waals surface area contributed by atoms with Crippen molar-refractivity contribution in [3.63, 3.8) is 0 Å². The molecule has 0 atom stereocenters. The van der Waals surface area contributed by atoms with E-state index in [1.165, 1.54) is 5.56 Å². The molecular formula is C17H25N5O. The molecule has 124 valence electrons. The van der Waals surface area contributed by atoms with Gasteiger partial charge in [0, 0.05) is 25.4 Å². The normalized spacial score (nSPS) is 11.5. The zero-order valence-corrected chi connectivity index (χ0v) is 14.0. The molecule has 0 saturated heterocycles. The van der Waals surface area contributed by atoms with Gasteiger partial charge in [-0.2, -0.15) is 5.10 Å². The number of aliphatic imine (C=N–C) groups is 1. The number of guanidine groups is 1. The molecule has 0 aliphatic carbocycles. The average molecular weight is 315 g/mol. The highest BCUT2D eigenvalue weighted by Crippen LogP contribution is 2.11. The van der Waals surface area contributed by atoms with E-state index in [9.17, 15) is 0 Å². The third-order valence-corrected chi connectivity index (χ3v) is 3.63. The number of aryl methyl sites for hydroxylation is 2. The summed E-state index contributed by atoms with van der Waals surface area (Å²) >= 11 is 0. The maximum atomic E-state index is 5.92. The Morgan fingerprint density at radius 2 is 2.09 bits per heavy atom. The maximum Gasteiger partial charge on any atom is 0.188 e. The summed E-state index contributed by atoms with van der Waals surface area (Å²) in [7, 11) is 3.59. The van der Waals surface area contributed by atoms with Gasteiger partial charge < -0.3 is 15.8 Å². The van der Waals surface area contributed by atoms with Crippen LogP contribution in [-0.4, -0.2) is 29.4 Å². The molecule has 23 heavy (non-hydrogen) atoms. The van der Waals surface area contributed by atoms with Gasteiger partial charge in [0.15, 0.2) is 5.96 Å². The number of aromatic nitrogens is 2. The van der Waals surface area contributed by atoms with Crippen LogP contribution in [0.2, 0.25) is 0 Å². The quantitative estimate of drug-likeness (QED) is 0.601. The zero-order chi connectivity index (χ0) is 16.7. The van der Waals surface area contributed by atoms with E-state index in [0.717, 1.165) is 36.4 Å². The first-order valence-corrected chi connectivity index (χ1v) is 7.80. The van der Waals surface area contributed by atoms with Gasteiger partial charge in [0.2, 0.25) is 0 Å². The second kappa shape index (κ2) is 8.22. The van der Waals surface area contributed by atoms with Gasteiger partial charge in [0.05, 0.1) is 19.3 Å².